The van der Waals surface area contributed by atoms with Crippen molar-refractivity contribution in [2.45, 2.75) is 30.3 Å². The molecule has 0 radical (unpaired) electrons. The molecule has 7 heteroatoms. The molecule has 2 atom stereocenters. The molecule has 6 nitrogen and oxygen atoms in total. The van der Waals surface area contributed by atoms with Crippen molar-refractivity contribution < 1.29 is 4.79 Å². The highest BCUT2D eigenvalue weighted by Crippen LogP contribution is 2.39. The van der Waals surface area contributed by atoms with Crippen LogP contribution in [-0.2, 0) is 4.79 Å². The fraction of sp³-hybridized carbons (Fsp3) is 0.160. The highest BCUT2D eigenvalue weighted by atomic mass is 32.2. The Hall–Kier alpha value is -3.58. The number of anilines is 1. The van der Waals surface area contributed by atoms with Crippen molar-refractivity contribution >= 4 is 23.4 Å². The number of aromatic nitrogens is 3. The molecule has 5 rings (SSSR count). The van der Waals surface area contributed by atoms with Gasteiger partial charge in [-0.05, 0) is 42.7 Å². The fourth-order valence-corrected chi connectivity index (χ4v) is 4.85. The number of aryl methyl sites for hydroxylation is 2. The number of rotatable bonds is 4. The summed E-state index contributed by atoms with van der Waals surface area (Å²) >= 11 is 1.42. The number of fused-ring (bicyclic) bond motifs is 1. The van der Waals surface area contributed by atoms with Gasteiger partial charge < -0.3 is 10.7 Å². The Labute approximate surface area is 191 Å². The van der Waals surface area contributed by atoms with Gasteiger partial charge in [0.05, 0.1) is 6.04 Å². The Morgan fingerprint density at radius 2 is 1.66 bits per heavy atom. The first-order valence-corrected chi connectivity index (χ1v) is 11.4. The monoisotopic (exact) mass is 441 g/mol. The molecule has 0 spiro atoms. The Kier molecular flexibility index (Phi) is 5.41. The van der Waals surface area contributed by atoms with E-state index in [4.69, 9.17) is 0 Å². The molecule has 1 aromatic heterocycles. The van der Waals surface area contributed by atoms with Crippen LogP contribution >= 0.6 is 11.8 Å². The largest absolute Gasteiger partial charge is 0.325 e. The van der Waals surface area contributed by atoms with Crippen molar-refractivity contribution in [2.24, 2.45) is 0 Å². The number of amides is 1. The van der Waals surface area contributed by atoms with Crippen molar-refractivity contribution in [3.05, 3.63) is 95.6 Å². The van der Waals surface area contributed by atoms with Gasteiger partial charge in [-0.3, -0.25) is 4.79 Å². The number of benzene rings is 3. The first kappa shape index (κ1) is 20.3. The van der Waals surface area contributed by atoms with Gasteiger partial charge in [0.15, 0.2) is 5.82 Å². The highest BCUT2D eigenvalue weighted by molar-refractivity contribution is 8.00. The van der Waals surface area contributed by atoms with Crippen LogP contribution in [0.5, 0.6) is 0 Å². The van der Waals surface area contributed by atoms with Crippen LogP contribution in [0.4, 0.5) is 5.69 Å². The lowest BCUT2D eigenvalue weighted by atomic mass is 10.0. The maximum atomic E-state index is 13.4. The predicted octanol–water partition coefficient (Wildman–Crippen LogP) is 4.96. The molecule has 160 valence electrons. The van der Waals surface area contributed by atoms with Crippen LogP contribution < -0.4 is 10.7 Å². The van der Waals surface area contributed by atoms with Crippen molar-refractivity contribution in [2.75, 3.05) is 10.7 Å². The van der Waals surface area contributed by atoms with Crippen LogP contribution in [0.1, 0.15) is 22.7 Å². The Bertz CT molecular complexity index is 1260. The van der Waals surface area contributed by atoms with Gasteiger partial charge in [0.25, 0.3) is 0 Å². The van der Waals surface area contributed by atoms with Gasteiger partial charge >= 0.3 is 0 Å². The van der Waals surface area contributed by atoms with Gasteiger partial charge in [0.1, 0.15) is 5.25 Å². The number of nitrogens with one attached hydrogen (secondary N) is 2. The molecule has 1 amide bonds. The average Bonchev–Trinajstić information content (AvgIpc) is 3.25. The number of hydrogen-bond acceptors (Lipinski definition) is 5. The molecule has 0 fully saturated rings. The molecule has 0 aliphatic carbocycles. The predicted molar refractivity (Wildman–Crippen MR) is 128 cm³/mol. The molecule has 0 unspecified atom stereocenters. The molecular weight excluding hydrogens is 418 g/mol. The first-order valence-electron chi connectivity index (χ1n) is 10.5. The molecule has 0 saturated heterocycles. The van der Waals surface area contributed by atoms with Crippen LogP contribution in [0.15, 0.2) is 84.0 Å². The van der Waals surface area contributed by atoms with Gasteiger partial charge in [-0.15, -0.1) is 10.2 Å². The standard InChI is InChI=1S/C25H23N5OS/c1-16-13-14-20(15-17(16)2)26-24(31)22-21(18-9-5-3-6-10-18)29-30-23(27-28-25(30)32-22)19-11-7-4-8-12-19/h3-15,21-22,29H,1-2H3,(H,26,31)/t21-,22+/m1/s1. The second-order valence-electron chi connectivity index (χ2n) is 7.85. The molecule has 3 aromatic carbocycles. The van der Waals surface area contributed by atoms with E-state index in [1.165, 1.54) is 17.3 Å². The van der Waals surface area contributed by atoms with E-state index in [1.54, 1.807) is 0 Å². The number of carbonyl (C=O) groups excluding carboxylic acids is 1. The van der Waals surface area contributed by atoms with E-state index in [-0.39, 0.29) is 11.9 Å². The molecule has 1 aliphatic rings. The minimum Gasteiger partial charge on any atom is -0.325 e. The lowest BCUT2D eigenvalue weighted by molar-refractivity contribution is -0.116. The molecule has 4 aromatic rings. The molecular formula is C25H23N5OS. The van der Waals surface area contributed by atoms with Crippen LogP contribution in [0, 0.1) is 13.8 Å². The summed E-state index contributed by atoms with van der Waals surface area (Å²) in [5.74, 6) is 0.650. The van der Waals surface area contributed by atoms with Gasteiger partial charge in [0.2, 0.25) is 11.1 Å². The summed E-state index contributed by atoms with van der Waals surface area (Å²) in [5, 5.41) is 12.1. The molecule has 0 saturated carbocycles. The molecule has 0 bridgehead atoms. The van der Waals surface area contributed by atoms with Crippen LogP contribution in [0.25, 0.3) is 11.4 Å². The third-order valence-corrected chi connectivity index (χ3v) is 6.88. The molecule has 32 heavy (non-hydrogen) atoms. The molecule has 1 aliphatic heterocycles. The second kappa shape index (κ2) is 8.51. The van der Waals surface area contributed by atoms with Crippen molar-refractivity contribution in [3.63, 3.8) is 0 Å². The van der Waals surface area contributed by atoms with Gasteiger partial charge in [-0.1, -0.05) is 78.5 Å². The van der Waals surface area contributed by atoms with Crippen molar-refractivity contribution in [3.8, 4) is 11.4 Å². The fourth-order valence-electron chi connectivity index (χ4n) is 3.77. The third kappa shape index (κ3) is 3.87. The number of thioether (sulfide) groups is 1. The number of nitrogens with zero attached hydrogens (tertiary/aromatic N) is 3. The number of carbonyl (C=O) groups is 1. The van der Waals surface area contributed by atoms with Crippen LogP contribution in [0.2, 0.25) is 0 Å². The minimum absolute atomic E-state index is 0.0740. The summed E-state index contributed by atoms with van der Waals surface area (Å²) in [6, 6.07) is 25.6. The zero-order chi connectivity index (χ0) is 22.1. The quantitative estimate of drug-likeness (QED) is 0.468. The topological polar surface area (TPSA) is 71.8 Å². The van der Waals surface area contributed by atoms with E-state index in [1.807, 2.05) is 90.5 Å². The third-order valence-electron chi connectivity index (χ3n) is 5.66. The Balaban J connectivity index is 1.50. The van der Waals surface area contributed by atoms with E-state index in [0.29, 0.717) is 5.16 Å². The lowest BCUT2D eigenvalue weighted by Gasteiger charge is -2.33. The van der Waals surface area contributed by atoms with Crippen LogP contribution in [0.3, 0.4) is 0 Å². The van der Waals surface area contributed by atoms with E-state index in [0.717, 1.165) is 28.2 Å². The van der Waals surface area contributed by atoms with E-state index in [2.05, 4.69) is 27.9 Å². The van der Waals surface area contributed by atoms with Crippen molar-refractivity contribution in [1.82, 2.24) is 14.9 Å². The summed E-state index contributed by atoms with van der Waals surface area (Å²) in [4.78, 5) is 13.4. The van der Waals surface area contributed by atoms with E-state index in [9.17, 15) is 4.79 Å². The second-order valence-corrected chi connectivity index (χ2v) is 8.96. The zero-order valence-corrected chi connectivity index (χ0v) is 18.6. The van der Waals surface area contributed by atoms with Gasteiger partial charge in [-0.25, -0.2) is 4.68 Å². The maximum absolute atomic E-state index is 13.4. The zero-order valence-electron chi connectivity index (χ0n) is 17.8. The number of hydrogen-bond donors (Lipinski definition) is 2. The SMILES string of the molecule is Cc1ccc(NC(=O)[C@H]2Sc3nnc(-c4ccccc4)n3N[C@@H]2c2ccccc2)cc1C. The Morgan fingerprint density at radius 1 is 0.938 bits per heavy atom. The molecule has 2 N–H and O–H groups in total. The summed E-state index contributed by atoms with van der Waals surface area (Å²) in [5.41, 5.74) is 8.63. The first-order chi connectivity index (χ1) is 15.6. The minimum atomic E-state index is -0.417. The van der Waals surface area contributed by atoms with Gasteiger partial charge in [-0.2, -0.15) is 0 Å². The summed E-state index contributed by atoms with van der Waals surface area (Å²) in [7, 11) is 0. The van der Waals surface area contributed by atoms with Gasteiger partial charge in [0, 0.05) is 11.3 Å². The highest BCUT2D eigenvalue weighted by Gasteiger charge is 2.38. The smallest absolute Gasteiger partial charge is 0.240 e. The lowest BCUT2D eigenvalue weighted by Crippen LogP contribution is -2.41. The summed E-state index contributed by atoms with van der Waals surface area (Å²) in [6.07, 6.45) is 0. The Morgan fingerprint density at radius 3 is 2.38 bits per heavy atom. The average molecular weight is 442 g/mol. The summed E-state index contributed by atoms with van der Waals surface area (Å²) in [6.45, 7) is 4.10. The van der Waals surface area contributed by atoms with Crippen LogP contribution in [-0.4, -0.2) is 26.0 Å². The van der Waals surface area contributed by atoms with E-state index < -0.39 is 5.25 Å². The molecule has 2 heterocycles. The summed E-state index contributed by atoms with van der Waals surface area (Å²) < 4.78 is 1.89. The van der Waals surface area contributed by atoms with Crippen molar-refractivity contribution in [1.29, 1.82) is 0 Å². The normalized spacial score (nSPS) is 17.3. The maximum Gasteiger partial charge on any atom is 0.240 e. The van der Waals surface area contributed by atoms with E-state index >= 15 is 0 Å².